The van der Waals surface area contributed by atoms with Crippen LogP contribution in [0.25, 0.3) is 0 Å². The monoisotopic (exact) mass is 500 g/mol. The Kier molecular flexibility index (Phi) is 5.84. The van der Waals surface area contributed by atoms with E-state index in [2.05, 4.69) is 5.32 Å². The number of hydrogen-bond donors (Lipinski definition) is 6. The van der Waals surface area contributed by atoms with E-state index in [1.807, 2.05) is 0 Å². The molecular weight excluding hydrogens is 472 g/mol. The molecule has 3 aliphatic rings. The van der Waals surface area contributed by atoms with Crippen LogP contribution in [-0.4, -0.2) is 89.0 Å². The van der Waals surface area contributed by atoms with Crippen molar-refractivity contribution in [2.45, 2.75) is 24.5 Å². The van der Waals surface area contributed by atoms with Crippen molar-refractivity contribution < 1.29 is 39.6 Å². The maximum Gasteiger partial charge on any atom is 0.255 e. The first-order chi connectivity index (χ1) is 16.8. The molecule has 7 N–H and O–H groups in total. The summed E-state index contributed by atoms with van der Waals surface area (Å²) in [5.74, 6) is -7.27. The zero-order valence-corrected chi connectivity index (χ0v) is 20.2. The van der Waals surface area contributed by atoms with Gasteiger partial charge in [0, 0.05) is 31.3 Å². The third-order valence-corrected chi connectivity index (χ3v) is 7.40. The quantitative estimate of drug-likeness (QED) is 0.178. The molecule has 192 valence electrons. The molecule has 2 amide bonds. The third-order valence-electron chi connectivity index (χ3n) is 7.40. The molecular formula is C24H28N4O8. The number of Topliss-reactive ketones (excluding diaryl/α,β-unsaturated/α-hetero) is 2. The van der Waals surface area contributed by atoms with Gasteiger partial charge in [-0.1, -0.05) is 0 Å². The van der Waals surface area contributed by atoms with Gasteiger partial charge in [0.15, 0.2) is 17.1 Å². The van der Waals surface area contributed by atoms with Crippen LogP contribution in [0.15, 0.2) is 28.7 Å². The number of rotatable bonds is 5. The fourth-order valence-corrected chi connectivity index (χ4v) is 5.87. The van der Waals surface area contributed by atoms with Gasteiger partial charge in [0.25, 0.3) is 5.91 Å². The van der Waals surface area contributed by atoms with Crippen molar-refractivity contribution >= 4 is 35.3 Å². The van der Waals surface area contributed by atoms with Crippen LogP contribution in [0.5, 0.6) is 5.75 Å². The van der Waals surface area contributed by atoms with Crippen LogP contribution in [0.1, 0.15) is 22.3 Å². The Balaban J connectivity index is 1.99. The first-order valence-electron chi connectivity index (χ1n) is 11.2. The van der Waals surface area contributed by atoms with Crippen LogP contribution in [0.2, 0.25) is 0 Å². The molecule has 36 heavy (non-hydrogen) atoms. The van der Waals surface area contributed by atoms with E-state index in [-0.39, 0.29) is 29.7 Å². The largest absolute Gasteiger partial charge is 0.510 e. The van der Waals surface area contributed by atoms with Crippen LogP contribution in [0, 0.1) is 11.8 Å². The Bertz CT molecular complexity index is 1280. The number of amides is 2. The van der Waals surface area contributed by atoms with Gasteiger partial charge in [0.1, 0.15) is 17.1 Å². The number of likely N-dealkylation sites (N-methyl/N-ethyl adjacent to an activating group) is 1. The summed E-state index contributed by atoms with van der Waals surface area (Å²) in [6.07, 6.45) is 0.485. The summed E-state index contributed by atoms with van der Waals surface area (Å²) in [5.41, 5.74) is 2.29. The number of aliphatic hydroxyl groups is 3. The third kappa shape index (κ3) is 3.21. The van der Waals surface area contributed by atoms with Crippen molar-refractivity contribution in [3.63, 3.8) is 0 Å². The lowest BCUT2D eigenvalue weighted by molar-refractivity contribution is -0.148. The molecule has 0 aliphatic heterocycles. The number of anilines is 2. The van der Waals surface area contributed by atoms with Crippen molar-refractivity contribution in [1.82, 2.24) is 4.90 Å². The molecule has 4 atom stereocenters. The molecule has 1 aromatic carbocycles. The topological polar surface area (TPSA) is 194 Å². The zero-order valence-electron chi connectivity index (χ0n) is 20.2. The minimum Gasteiger partial charge on any atom is -0.510 e. The van der Waals surface area contributed by atoms with Crippen LogP contribution >= 0.6 is 0 Å². The van der Waals surface area contributed by atoms with E-state index in [4.69, 9.17) is 5.73 Å². The number of carbonyl (C=O) groups is 4. The summed E-state index contributed by atoms with van der Waals surface area (Å²) in [5, 5.41) is 46.9. The van der Waals surface area contributed by atoms with Gasteiger partial charge in [0.2, 0.25) is 12.2 Å². The Morgan fingerprint density at radius 2 is 1.83 bits per heavy atom. The number of ketones is 2. The second-order valence-corrected chi connectivity index (χ2v) is 9.77. The lowest BCUT2D eigenvalue weighted by atomic mass is 9.58. The molecule has 12 heteroatoms. The molecule has 3 unspecified atom stereocenters. The van der Waals surface area contributed by atoms with Crippen LogP contribution in [0.3, 0.4) is 0 Å². The maximum atomic E-state index is 13.7. The summed E-state index contributed by atoms with van der Waals surface area (Å²) in [6, 6.07) is 0.459. The summed E-state index contributed by atoms with van der Waals surface area (Å²) in [7, 11) is 6.58. The molecule has 0 radical (unpaired) electrons. The number of aliphatic hydroxyl groups excluding tert-OH is 2. The van der Waals surface area contributed by atoms with Gasteiger partial charge in [-0.25, -0.2) is 0 Å². The fourth-order valence-electron chi connectivity index (χ4n) is 5.87. The number of benzene rings is 1. The van der Waals surface area contributed by atoms with Crippen LogP contribution in [0.4, 0.5) is 11.4 Å². The number of nitrogens with zero attached hydrogens (tertiary/aromatic N) is 2. The van der Waals surface area contributed by atoms with E-state index in [0.717, 1.165) is 0 Å². The van der Waals surface area contributed by atoms with Crippen molar-refractivity contribution in [2.24, 2.45) is 17.6 Å². The maximum absolute atomic E-state index is 13.7. The number of phenols is 1. The van der Waals surface area contributed by atoms with Crippen molar-refractivity contribution in [1.29, 1.82) is 0 Å². The number of primary amides is 1. The van der Waals surface area contributed by atoms with E-state index >= 15 is 0 Å². The molecule has 0 bridgehead atoms. The Labute approximate surface area is 206 Å². The molecule has 0 fully saturated rings. The van der Waals surface area contributed by atoms with Gasteiger partial charge in [-0.15, -0.1) is 0 Å². The number of allylic oxidation sites excluding steroid dienone is 1. The fraction of sp³-hybridized carbons (Fsp3) is 0.417. The molecule has 12 nitrogen and oxygen atoms in total. The van der Waals surface area contributed by atoms with Gasteiger partial charge in [-0.05, 0) is 44.5 Å². The number of fused-ring (bicyclic) bond motifs is 3. The SMILES string of the molecule is CN(C)c1cc(NC=O)c(O)c2c1CC1CC3[C@H](N(C)C)C(O)=C(C(N)=O)C(=O)C3(O)C(O)=C1C2=O. The number of aromatic hydroxyl groups is 1. The van der Waals surface area contributed by atoms with E-state index in [1.165, 1.54) is 11.0 Å². The van der Waals surface area contributed by atoms with E-state index in [0.29, 0.717) is 17.7 Å². The molecule has 3 aliphatic carbocycles. The number of hydrogen-bond acceptors (Lipinski definition) is 10. The highest BCUT2D eigenvalue weighted by Crippen LogP contribution is 2.53. The minimum atomic E-state index is -2.71. The van der Waals surface area contributed by atoms with Gasteiger partial charge in [0.05, 0.1) is 17.3 Å². The van der Waals surface area contributed by atoms with Crippen molar-refractivity contribution in [3.05, 3.63) is 39.9 Å². The molecule has 0 heterocycles. The Morgan fingerprint density at radius 3 is 2.36 bits per heavy atom. The highest BCUT2D eigenvalue weighted by Gasteiger charge is 2.63. The first-order valence-corrected chi connectivity index (χ1v) is 11.2. The molecule has 1 aromatic rings. The van der Waals surface area contributed by atoms with Gasteiger partial charge in [-0.3, -0.25) is 24.1 Å². The summed E-state index contributed by atoms with van der Waals surface area (Å²) >= 11 is 0. The average Bonchev–Trinajstić information content (AvgIpc) is 2.77. The van der Waals surface area contributed by atoms with Gasteiger partial charge < -0.3 is 36.4 Å². The van der Waals surface area contributed by atoms with E-state index in [9.17, 15) is 39.6 Å². The lowest BCUT2D eigenvalue weighted by Gasteiger charge is -2.50. The zero-order chi connectivity index (χ0) is 26.9. The number of nitrogens with two attached hydrogens (primary N) is 1. The average molecular weight is 501 g/mol. The Morgan fingerprint density at radius 1 is 1.19 bits per heavy atom. The molecule has 0 saturated heterocycles. The van der Waals surface area contributed by atoms with Crippen molar-refractivity contribution in [3.8, 4) is 5.75 Å². The van der Waals surface area contributed by atoms with Crippen LogP contribution in [-0.2, 0) is 20.8 Å². The van der Waals surface area contributed by atoms with E-state index in [1.54, 1.807) is 33.1 Å². The Hall–Kier alpha value is -3.90. The second kappa shape index (κ2) is 8.35. The second-order valence-electron chi connectivity index (χ2n) is 9.77. The van der Waals surface area contributed by atoms with Crippen LogP contribution < -0.4 is 16.0 Å². The number of nitrogens with one attached hydrogen (secondary N) is 1. The summed E-state index contributed by atoms with van der Waals surface area (Å²) in [4.78, 5) is 53.3. The van der Waals surface area contributed by atoms with E-state index < -0.39 is 63.8 Å². The standard InChI is InChI=1S/C24H28N4O8/c1-27(2)13-7-12(26-8-29)18(30)15-10(13)5-9-6-11-17(28(3)4)20(32)16(23(25)35)22(34)24(11,36)21(33)14(9)19(15)31/h7-9,11,17,30,32-33,36H,5-6H2,1-4H3,(H2,25,35)(H,26,29)/t9?,11?,17-,24?/m0/s1. The first kappa shape index (κ1) is 25.2. The highest BCUT2D eigenvalue weighted by molar-refractivity contribution is 6.25. The minimum absolute atomic E-state index is 0.00622. The number of carbonyl (C=O) groups excluding carboxylic acids is 4. The predicted octanol–water partition coefficient (Wildman–Crippen LogP) is -0.245. The summed E-state index contributed by atoms with van der Waals surface area (Å²) in [6.45, 7) is 0. The highest BCUT2D eigenvalue weighted by atomic mass is 16.3. The molecule has 4 rings (SSSR count). The molecule has 0 aromatic heterocycles. The smallest absolute Gasteiger partial charge is 0.255 e. The van der Waals surface area contributed by atoms with Gasteiger partial charge in [-0.2, -0.15) is 0 Å². The summed E-state index contributed by atoms with van der Waals surface area (Å²) < 4.78 is 0. The normalized spacial score (nSPS) is 27.4. The predicted molar refractivity (Wildman–Crippen MR) is 128 cm³/mol. The van der Waals surface area contributed by atoms with Crippen molar-refractivity contribution in [2.75, 3.05) is 38.4 Å². The number of phenolic OH excluding ortho intramolecular Hbond substituents is 1. The molecule has 0 spiro atoms. The molecule has 0 saturated carbocycles. The van der Waals surface area contributed by atoms with Gasteiger partial charge >= 0.3 is 0 Å². The lowest BCUT2D eigenvalue weighted by Crippen LogP contribution is -2.63.